The molecule has 0 fully saturated rings. The number of carbonyl (C=O) groups excluding carboxylic acids is 2. The van der Waals surface area contributed by atoms with Gasteiger partial charge >= 0.3 is 5.97 Å². The summed E-state index contributed by atoms with van der Waals surface area (Å²) in [5, 5.41) is 24.2. The molecule has 0 unspecified atom stereocenters. The first-order valence-corrected chi connectivity index (χ1v) is 6.47. The molecule has 0 aliphatic carbocycles. The summed E-state index contributed by atoms with van der Waals surface area (Å²) in [6.45, 7) is 11.7. The van der Waals surface area contributed by atoms with E-state index in [0.29, 0.717) is 0 Å². The first-order valence-electron chi connectivity index (χ1n) is 6.47. The van der Waals surface area contributed by atoms with Crippen molar-refractivity contribution in [1.29, 1.82) is 0 Å². The van der Waals surface area contributed by atoms with Crippen LogP contribution in [-0.4, -0.2) is 52.5 Å². The van der Waals surface area contributed by atoms with E-state index in [1.54, 1.807) is 41.5 Å². The molecule has 0 rings (SSSR count). The van der Waals surface area contributed by atoms with Crippen molar-refractivity contribution in [3.63, 3.8) is 0 Å². The Labute approximate surface area is 148 Å². The normalized spacial score (nSPS) is 8.29. The van der Waals surface area contributed by atoms with Gasteiger partial charge in [-0.3, -0.25) is 9.59 Å². The summed E-state index contributed by atoms with van der Waals surface area (Å²) in [5.41, 5.74) is 0. The summed E-state index contributed by atoms with van der Waals surface area (Å²) in [6, 6.07) is 0. The molecule has 0 aromatic rings. The molecule has 0 aromatic heterocycles. The van der Waals surface area contributed by atoms with Crippen LogP contribution in [0.5, 0.6) is 0 Å². The topological polar surface area (TPSA) is 104 Å². The predicted octanol–water partition coefficient (Wildman–Crippen LogP) is 1.30. The van der Waals surface area contributed by atoms with E-state index >= 15 is 0 Å². The molecular weight excluding hydrogens is 355 g/mol. The first-order chi connectivity index (χ1) is 8.86. The van der Waals surface area contributed by atoms with E-state index in [1.807, 2.05) is 0 Å². The Hall–Kier alpha value is -0.0969. The second kappa shape index (κ2) is 24.9. The van der Waals surface area contributed by atoms with E-state index in [-0.39, 0.29) is 56.7 Å². The smallest absolute Gasteiger partial charge is 0.313 e. The third-order valence-corrected chi connectivity index (χ3v) is 0.621. The van der Waals surface area contributed by atoms with Gasteiger partial charge in [0.05, 0.1) is 7.11 Å². The zero-order valence-electron chi connectivity index (χ0n) is 14.5. The number of aliphatic hydroxyl groups excluding tert-OH is 3. The maximum Gasteiger partial charge on any atom is 0.313 e. The molecule has 0 saturated carbocycles. The van der Waals surface area contributed by atoms with Crippen molar-refractivity contribution in [2.24, 2.45) is 0 Å². The van der Waals surface area contributed by atoms with Crippen LogP contribution in [0.3, 0.4) is 0 Å². The molecular formula is C14H32O6Zr. The Kier molecular flexibility index (Phi) is 38.8. The first kappa shape index (κ1) is 32.7. The number of rotatable bonds is 2. The fourth-order valence-corrected chi connectivity index (χ4v) is 0.275. The van der Waals surface area contributed by atoms with Crippen LogP contribution in [-0.2, 0) is 40.5 Å². The second-order valence-corrected chi connectivity index (χ2v) is 4.74. The fraction of sp³-hybridized carbons (Fsp3) is 0.857. The Morgan fingerprint density at radius 3 is 1.10 bits per heavy atom. The van der Waals surface area contributed by atoms with Crippen molar-refractivity contribution in [2.45, 2.75) is 73.2 Å². The number of aliphatic hydroxyl groups is 3. The molecule has 0 spiro atoms. The van der Waals surface area contributed by atoms with Crippen LogP contribution >= 0.6 is 0 Å². The zero-order valence-corrected chi connectivity index (χ0v) is 17.0. The van der Waals surface area contributed by atoms with Crippen LogP contribution < -0.4 is 0 Å². The summed E-state index contributed by atoms with van der Waals surface area (Å²) < 4.78 is 4.20. The van der Waals surface area contributed by atoms with Crippen LogP contribution in [0.2, 0.25) is 0 Å². The Bertz CT molecular complexity index is 195. The molecule has 21 heavy (non-hydrogen) atoms. The summed E-state index contributed by atoms with van der Waals surface area (Å²) in [6.07, 6.45) is -0.615. The van der Waals surface area contributed by atoms with Gasteiger partial charge in [-0.2, -0.15) is 0 Å². The average molecular weight is 388 g/mol. The number of ether oxygens (including phenoxy) is 1. The van der Waals surface area contributed by atoms with Gasteiger partial charge < -0.3 is 20.1 Å². The maximum absolute atomic E-state index is 10.2. The summed E-state index contributed by atoms with van der Waals surface area (Å²) in [4.78, 5) is 20.3. The molecule has 3 N–H and O–H groups in total. The minimum Gasteiger partial charge on any atom is -0.469 e. The van der Waals surface area contributed by atoms with E-state index in [0.717, 1.165) is 0 Å². The maximum atomic E-state index is 10.2. The van der Waals surface area contributed by atoms with E-state index in [2.05, 4.69) is 4.74 Å². The predicted molar refractivity (Wildman–Crippen MR) is 79.4 cm³/mol. The number of hydrogen-bond donors (Lipinski definition) is 3. The number of Topliss-reactive ketones (excluding diaryl/α,β-unsaturated/α-hetero) is 1. The van der Waals surface area contributed by atoms with Crippen LogP contribution in [0.15, 0.2) is 0 Å². The molecule has 0 saturated heterocycles. The van der Waals surface area contributed by atoms with Gasteiger partial charge in [-0.15, -0.1) is 0 Å². The summed E-state index contributed by atoms with van der Waals surface area (Å²) >= 11 is 0. The van der Waals surface area contributed by atoms with Gasteiger partial charge in [-0.1, -0.05) is 0 Å². The van der Waals surface area contributed by atoms with Gasteiger partial charge in [-0.25, -0.2) is 0 Å². The molecule has 0 heterocycles. The summed E-state index contributed by atoms with van der Waals surface area (Å²) in [7, 11) is 1.26. The molecule has 0 amide bonds. The van der Waals surface area contributed by atoms with Crippen molar-refractivity contribution in [3.05, 3.63) is 0 Å². The monoisotopic (exact) mass is 386 g/mol. The molecule has 7 heteroatoms. The van der Waals surface area contributed by atoms with Crippen molar-refractivity contribution in [3.8, 4) is 0 Å². The van der Waals surface area contributed by atoms with Gasteiger partial charge in [-0.05, 0) is 48.5 Å². The number of methoxy groups -OCH3 is 1. The number of esters is 1. The SMILES string of the molecule is CC(C)O.CC(C)O.CC(C)O.COC(=O)CC(C)=O.[Zr]. The number of carbonyl (C=O) groups is 2. The molecule has 0 aliphatic rings. The van der Waals surface area contributed by atoms with Gasteiger partial charge in [0, 0.05) is 44.5 Å². The van der Waals surface area contributed by atoms with Gasteiger partial charge in [0.1, 0.15) is 12.2 Å². The minimum absolute atomic E-state index is 0. The van der Waals surface area contributed by atoms with Gasteiger partial charge in [0.2, 0.25) is 0 Å². The minimum atomic E-state index is -0.475. The fourth-order valence-electron chi connectivity index (χ4n) is 0.275. The van der Waals surface area contributed by atoms with Crippen molar-refractivity contribution in [2.75, 3.05) is 7.11 Å². The molecule has 0 aromatic carbocycles. The molecule has 0 radical (unpaired) electrons. The quantitative estimate of drug-likeness (QED) is 0.487. The molecule has 6 nitrogen and oxygen atoms in total. The molecule has 0 atom stereocenters. The summed E-state index contributed by atoms with van der Waals surface area (Å²) in [5.74, 6) is -0.644. The molecule has 0 bridgehead atoms. The molecule has 0 aliphatic heterocycles. The van der Waals surface area contributed by atoms with Crippen molar-refractivity contribution in [1.82, 2.24) is 0 Å². The third-order valence-electron chi connectivity index (χ3n) is 0.621. The van der Waals surface area contributed by atoms with Gasteiger partial charge in [0.25, 0.3) is 0 Å². The Balaban J connectivity index is -0.0000000570. The molecule has 128 valence electrons. The second-order valence-electron chi connectivity index (χ2n) is 4.74. The third kappa shape index (κ3) is 183. The Morgan fingerprint density at radius 1 is 0.857 bits per heavy atom. The number of hydrogen-bond acceptors (Lipinski definition) is 6. The van der Waals surface area contributed by atoms with E-state index in [1.165, 1.54) is 14.0 Å². The Morgan fingerprint density at radius 2 is 1.05 bits per heavy atom. The van der Waals surface area contributed by atoms with Crippen LogP contribution in [0, 0.1) is 0 Å². The standard InChI is InChI=1S/C5H8O3.3C3H8O.Zr/c1-4(6)3-5(7)8-2;3*1-3(2)4;/h3H2,1-2H3;3*3-4H,1-2H3;. The zero-order chi connectivity index (χ0) is 17.3. The van der Waals surface area contributed by atoms with E-state index < -0.39 is 5.97 Å². The van der Waals surface area contributed by atoms with E-state index in [4.69, 9.17) is 15.3 Å². The van der Waals surface area contributed by atoms with Gasteiger partial charge in [0.15, 0.2) is 0 Å². The van der Waals surface area contributed by atoms with Crippen molar-refractivity contribution >= 4 is 11.8 Å². The van der Waals surface area contributed by atoms with Crippen molar-refractivity contribution < 1.29 is 55.8 Å². The van der Waals surface area contributed by atoms with Crippen LogP contribution in [0.4, 0.5) is 0 Å². The largest absolute Gasteiger partial charge is 0.469 e. The van der Waals surface area contributed by atoms with Crippen LogP contribution in [0.25, 0.3) is 0 Å². The van der Waals surface area contributed by atoms with Crippen LogP contribution in [0.1, 0.15) is 54.9 Å². The average Bonchev–Trinajstić information content (AvgIpc) is 2.13. The van der Waals surface area contributed by atoms with E-state index in [9.17, 15) is 9.59 Å². The number of ketones is 1.